The predicted octanol–water partition coefficient (Wildman–Crippen LogP) is 1.64. The number of phenols is 3. The van der Waals surface area contributed by atoms with Gasteiger partial charge in [0.25, 0.3) is 0 Å². The van der Waals surface area contributed by atoms with Gasteiger partial charge in [0, 0.05) is 35.6 Å². The topological polar surface area (TPSA) is 177 Å². The number of carbonyl (C=O) groups excluding carboxylic acids is 2. The Hall–Kier alpha value is -3.06. The Morgan fingerprint density at radius 1 is 1.03 bits per heavy atom. The Morgan fingerprint density at radius 2 is 1.67 bits per heavy atom. The van der Waals surface area contributed by atoms with Gasteiger partial charge in [-0.15, -0.1) is 0 Å². The molecule has 210 valence electrons. The maximum Gasteiger partial charge on any atom is 0.202 e. The van der Waals surface area contributed by atoms with Crippen molar-refractivity contribution in [2.24, 2.45) is 0 Å². The summed E-state index contributed by atoms with van der Waals surface area (Å²) in [6.07, 6.45) is -5.33. The molecule has 0 amide bonds. The van der Waals surface area contributed by atoms with Gasteiger partial charge in [-0.25, -0.2) is 0 Å². The van der Waals surface area contributed by atoms with Crippen LogP contribution < -0.4 is 0 Å². The molecule has 39 heavy (non-hydrogen) atoms. The summed E-state index contributed by atoms with van der Waals surface area (Å²) in [4.78, 5) is 28.7. The van der Waals surface area contributed by atoms with Crippen LogP contribution in [0.5, 0.6) is 17.2 Å². The zero-order chi connectivity index (χ0) is 28.5. The Kier molecular flexibility index (Phi) is 6.73. The highest BCUT2D eigenvalue weighted by atomic mass is 16.7. The summed E-state index contributed by atoms with van der Waals surface area (Å²) in [5.74, 6) is -3.61. The van der Waals surface area contributed by atoms with Gasteiger partial charge in [0.15, 0.2) is 12.1 Å². The molecule has 0 saturated carbocycles. The molecule has 0 aromatic heterocycles. The van der Waals surface area contributed by atoms with E-state index >= 15 is 0 Å². The van der Waals surface area contributed by atoms with Crippen molar-refractivity contribution in [2.45, 2.75) is 75.5 Å². The van der Waals surface area contributed by atoms with Crippen LogP contribution in [-0.4, -0.2) is 91.3 Å². The first-order chi connectivity index (χ1) is 18.3. The van der Waals surface area contributed by atoms with Crippen LogP contribution in [-0.2, 0) is 9.47 Å². The fraction of sp³-hybridized carbons (Fsp3) is 0.500. The molecule has 2 aliphatic carbocycles. The maximum absolute atomic E-state index is 13.5. The average molecular weight is 544 g/mol. The van der Waals surface area contributed by atoms with Crippen LogP contribution in [0, 0.1) is 0 Å². The summed E-state index contributed by atoms with van der Waals surface area (Å²) in [6, 6.07) is 3.58. The molecular weight excluding hydrogens is 510 g/mol. The van der Waals surface area contributed by atoms with E-state index in [0.29, 0.717) is 0 Å². The second-order valence-corrected chi connectivity index (χ2v) is 10.9. The van der Waals surface area contributed by atoms with Crippen molar-refractivity contribution in [3.8, 4) is 17.2 Å². The predicted molar refractivity (Wildman–Crippen MR) is 136 cm³/mol. The van der Waals surface area contributed by atoms with Crippen molar-refractivity contribution >= 4 is 11.6 Å². The average Bonchev–Trinajstić information content (AvgIpc) is 2.87. The minimum Gasteiger partial charge on any atom is -0.507 e. The van der Waals surface area contributed by atoms with Crippen LogP contribution in [0.15, 0.2) is 18.2 Å². The molecule has 2 aromatic carbocycles. The highest BCUT2D eigenvalue weighted by molar-refractivity contribution is 6.31. The molecule has 5 rings (SSSR count). The molecule has 6 N–H and O–H groups in total. The van der Waals surface area contributed by atoms with Gasteiger partial charge in [-0.3, -0.25) is 9.59 Å². The van der Waals surface area contributed by atoms with Crippen molar-refractivity contribution in [3.05, 3.63) is 51.6 Å². The quantitative estimate of drug-likeness (QED) is 0.264. The van der Waals surface area contributed by atoms with Gasteiger partial charge in [0.1, 0.15) is 23.4 Å². The lowest BCUT2D eigenvalue weighted by atomic mass is 9.70. The van der Waals surface area contributed by atoms with E-state index in [-0.39, 0.29) is 47.6 Å². The Labute approximate surface area is 224 Å². The Bertz CT molecular complexity index is 1360. The maximum atomic E-state index is 13.5. The number of aliphatic hydroxyl groups excluding tert-OH is 2. The number of hydrogen-bond donors (Lipinski definition) is 6. The third-order valence-corrected chi connectivity index (χ3v) is 8.36. The smallest absolute Gasteiger partial charge is 0.202 e. The number of fused-ring (bicyclic) bond motifs is 3. The van der Waals surface area contributed by atoms with Crippen molar-refractivity contribution in [1.29, 1.82) is 0 Å². The second kappa shape index (κ2) is 9.54. The zero-order valence-corrected chi connectivity index (χ0v) is 22.1. The molecule has 1 fully saturated rings. The minimum absolute atomic E-state index is 0.0665. The van der Waals surface area contributed by atoms with Crippen LogP contribution in [0.3, 0.4) is 0 Å². The molecule has 11 nitrogen and oxygen atoms in total. The molecule has 3 aliphatic rings. The molecular formula is C28H33NO10. The largest absolute Gasteiger partial charge is 0.507 e. The Morgan fingerprint density at radius 3 is 2.31 bits per heavy atom. The third kappa shape index (κ3) is 4.03. The van der Waals surface area contributed by atoms with E-state index in [9.17, 15) is 40.2 Å². The van der Waals surface area contributed by atoms with Crippen LogP contribution in [0.1, 0.15) is 88.3 Å². The number of benzene rings is 2. The van der Waals surface area contributed by atoms with Gasteiger partial charge in [-0.05, 0) is 33.5 Å². The number of phenolic OH excluding ortho intramolecular Hbond substituents is 3. The highest BCUT2D eigenvalue weighted by Crippen LogP contribution is 2.56. The SMILES string of the molecule is CC[C@@]1(O)C[C@H](O)c2c(O)c3c(c(O)c2[C@H]1O[C@H]1C[C@H](N(C)C)[C@H](O)[C@H](C)O1)C(=O)c1cccc(O)c1C3=O. The summed E-state index contributed by atoms with van der Waals surface area (Å²) in [7, 11) is 3.60. The van der Waals surface area contributed by atoms with Crippen LogP contribution in [0.2, 0.25) is 0 Å². The molecule has 2 aromatic rings. The van der Waals surface area contributed by atoms with E-state index < -0.39 is 76.2 Å². The number of ketones is 2. The zero-order valence-electron chi connectivity index (χ0n) is 22.1. The van der Waals surface area contributed by atoms with E-state index in [1.54, 1.807) is 27.9 Å². The van der Waals surface area contributed by atoms with Gasteiger partial charge in [-0.1, -0.05) is 19.1 Å². The number of aromatic hydroxyl groups is 3. The Balaban J connectivity index is 1.68. The number of ether oxygens (including phenoxy) is 2. The summed E-state index contributed by atoms with van der Waals surface area (Å²) in [5, 5.41) is 66.4. The van der Waals surface area contributed by atoms with Gasteiger partial charge >= 0.3 is 0 Å². The van der Waals surface area contributed by atoms with Crippen molar-refractivity contribution < 1.29 is 49.7 Å². The minimum atomic E-state index is -1.75. The number of nitrogens with zero attached hydrogens (tertiary/aromatic N) is 1. The molecule has 7 atom stereocenters. The third-order valence-electron chi connectivity index (χ3n) is 8.36. The lowest BCUT2D eigenvalue weighted by molar-refractivity contribution is -0.279. The fourth-order valence-corrected chi connectivity index (χ4v) is 6.15. The van der Waals surface area contributed by atoms with Gasteiger partial charge in [0.2, 0.25) is 5.78 Å². The summed E-state index contributed by atoms with van der Waals surface area (Å²) in [6.45, 7) is 3.34. The highest BCUT2D eigenvalue weighted by Gasteiger charge is 2.52. The van der Waals surface area contributed by atoms with Crippen molar-refractivity contribution in [1.82, 2.24) is 4.90 Å². The summed E-state index contributed by atoms with van der Waals surface area (Å²) < 4.78 is 12.1. The van der Waals surface area contributed by atoms with Gasteiger partial charge < -0.3 is 45.0 Å². The number of aliphatic hydroxyl groups is 3. The van der Waals surface area contributed by atoms with Gasteiger partial charge in [-0.2, -0.15) is 0 Å². The van der Waals surface area contributed by atoms with E-state index in [4.69, 9.17) is 9.47 Å². The van der Waals surface area contributed by atoms with E-state index in [1.807, 2.05) is 4.90 Å². The number of likely N-dealkylation sites (N-methyl/N-ethyl adjacent to an activating group) is 1. The van der Waals surface area contributed by atoms with E-state index in [2.05, 4.69) is 0 Å². The van der Waals surface area contributed by atoms with Gasteiger partial charge in [0.05, 0.1) is 40.6 Å². The van der Waals surface area contributed by atoms with Crippen molar-refractivity contribution in [3.63, 3.8) is 0 Å². The van der Waals surface area contributed by atoms with Crippen LogP contribution in [0.4, 0.5) is 0 Å². The molecule has 0 bridgehead atoms. The molecule has 1 aliphatic heterocycles. The number of rotatable bonds is 4. The molecule has 0 spiro atoms. The molecule has 1 heterocycles. The van der Waals surface area contributed by atoms with E-state index in [0.717, 1.165) is 0 Å². The van der Waals surface area contributed by atoms with Crippen LogP contribution >= 0.6 is 0 Å². The first-order valence-corrected chi connectivity index (χ1v) is 12.9. The standard InChI is InChI=1S/C28H33NO10/c1-5-28(37)10-15(31)18-21(27(28)39-16-9-13(29(3)4)22(32)11(2)38-16)26(36)19-20(25(18)35)24(34)17-12(23(19)33)7-6-8-14(17)30/h6-8,11,13,15-16,22,27,30-32,35-37H,5,9-10H2,1-4H3/t11-,13-,15-,16-,22+,27+,28+/m0/s1. The lowest BCUT2D eigenvalue weighted by Gasteiger charge is -2.47. The number of carbonyl (C=O) groups is 2. The molecule has 0 radical (unpaired) electrons. The second-order valence-electron chi connectivity index (χ2n) is 10.9. The van der Waals surface area contributed by atoms with E-state index in [1.165, 1.54) is 18.2 Å². The fourth-order valence-electron chi connectivity index (χ4n) is 6.15. The summed E-state index contributed by atoms with van der Waals surface area (Å²) in [5.41, 5.74) is -3.73. The normalized spacial score (nSPS) is 32.1. The first-order valence-electron chi connectivity index (χ1n) is 12.9. The van der Waals surface area contributed by atoms with Crippen molar-refractivity contribution in [2.75, 3.05) is 14.1 Å². The molecule has 0 unspecified atom stereocenters. The summed E-state index contributed by atoms with van der Waals surface area (Å²) >= 11 is 0. The first kappa shape index (κ1) is 27.5. The number of hydrogen-bond acceptors (Lipinski definition) is 11. The molecule has 1 saturated heterocycles. The molecule has 11 heteroatoms. The lowest BCUT2D eigenvalue weighted by Crippen LogP contribution is -2.54. The van der Waals surface area contributed by atoms with Crippen LogP contribution in [0.25, 0.3) is 0 Å². The monoisotopic (exact) mass is 543 g/mol.